The molecule has 0 aromatic heterocycles. The summed E-state index contributed by atoms with van der Waals surface area (Å²) in [5, 5.41) is 0. The second kappa shape index (κ2) is 7.47. The minimum absolute atomic E-state index is 0.137. The van der Waals surface area contributed by atoms with E-state index in [1.165, 1.54) is 21.3 Å². The van der Waals surface area contributed by atoms with E-state index < -0.39 is 0 Å². The molecule has 5 nitrogen and oxygen atoms in total. The van der Waals surface area contributed by atoms with Gasteiger partial charge in [0.25, 0.3) is 0 Å². The van der Waals surface area contributed by atoms with Crippen molar-refractivity contribution in [2.75, 3.05) is 21.3 Å². The molecular weight excluding hydrogens is 320 g/mol. The van der Waals surface area contributed by atoms with E-state index in [0.29, 0.717) is 34.1 Å². The molecule has 0 radical (unpaired) electrons. The molecule has 2 aromatic rings. The Bertz CT molecular complexity index is 717. The maximum Gasteiger partial charge on any atom is 0.203 e. The normalized spacial score (nSPS) is 11.0. The molecule has 2 rings (SSSR count). The standard InChI is InChI=1S/C20H24O5/c1-20(2,3)25-15-9-7-13(8-10-15)18(21)14-11-16(22-4)19(24-6)17(12-14)23-5/h7-12H,1-6H3. The van der Waals surface area contributed by atoms with Crippen molar-refractivity contribution in [1.82, 2.24) is 0 Å². The lowest BCUT2D eigenvalue weighted by Crippen LogP contribution is -2.22. The van der Waals surface area contributed by atoms with E-state index in [9.17, 15) is 4.79 Å². The van der Waals surface area contributed by atoms with E-state index >= 15 is 0 Å². The number of hydrogen-bond acceptors (Lipinski definition) is 5. The Morgan fingerprint density at radius 2 is 1.32 bits per heavy atom. The van der Waals surface area contributed by atoms with Gasteiger partial charge >= 0.3 is 0 Å². The number of methoxy groups -OCH3 is 3. The van der Waals surface area contributed by atoms with E-state index in [0.717, 1.165) is 0 Å². The summed E-state index contributed by atoms with van der Waals surface area (Å²) in [5.41, 5.74) is 0.719. The second-order valence-electron chi connectivity index (χ2n) is 6.48. The molecule has 0 fully saturated rings. The van der Waals surface area contributed by atoms with Crippen LogP contribution < -0.4 is 18.9 Å². The van der Waals surface area contributed by atoms with Gasteiger partial charge in [-0.2, -0.15) is 0 Å². The first-order valence-electron chi connectivity index (χ1n) is 7.93. The lowest BCUT2D eigenvalue weighted by atomic mass is 10.0. The van der Waals surface area contributed by atoms with Crippen LogP contribution in [-0.4, -0.2) is 32.7 Å². The van der Waals surface area contributed by atoms with Crippen LogP contribution in [0.5, 0.6) is 23.0 Å². The van der Waals surface area contributed by atoms with Crippen LogP contribution in [0.3, 0.4) is 0 Å². The third-order valence-corrected chi connectivity index (χ3v) is 3.47. The van der Waals surface area contributed by atoms with Crippen LogP contribution in [-0.2, 0) is 0 Å². The van der Waals surface area contributed by atoms with Crippen LogP contribution in [0.4, 0.5) is 0 Å². The fourth-order valence-corrected chi connectivity index (χ4v) is 2.41. The van der Waals surface area contributed by atoms with Crippen LogP contribution in [0.15, 0.2) is 36.4 Å². The first-order valence-corrected chi connectivity index (χ1v) is 7.93. The van der Waals surface area contributed by atoms with Crippen molar-refractivity contribution in [3.63, 3.8) is 0 Å². The van der Waals surface area contributed by atoms with E-state index in [1.54, 1.807) is 36.4 Å². The minimum atomic E-state index is -0.289. The topological polar surface area (TPSA) is 54.0 Å². The third kappa shape index (κ3) is 4.44. The zero-order valence-electron chi connectivity index (χ0n) is 15.5. The molecule has 0 amide bonds. The molecule has 0 bridgehead atoms. The Kier molecular flexibility index (Phi) is 5.57. The van der Waals surface area contributed by atoms with Gasteiger partial charge in [0.2, 0.25) is 5.75 Å². The second-order valence-corrected chi connectivity index (χ2v) is 6.48. The summed E-state index contributed by atoms with van der Waals surface area (Å²) in [6.07, 6.45) is 0. The number of rotatable bonds is 6. The highest BCUT2D eigenvalue weighted by molar-refractivity contribution is 6.09. The summed E-state index contributed by atoms with van der Waals surface area (Å²) in [6.45, 7) is 5.92. The number of carbonyl (C=O) groups is 1. The molecule has 0 aliphatic heterocycles. The van der Waals surface area contributed by atoms with Crippen molar-refractivity contribution in [2.24, 2.45) is 0 Å². The quantitative estimate of drug-likeness (QED) is 0.738. The molecule has 0 saturated carbocycles. The Balaban J connectivity index is 2.34. The fraction of sp³-hybridized carbons (Fsp3) is 0.350. The predicted octanol–water partition coefficient (Wildman–Crippen LogP) is 4.12. The summed E-state index contributed by atoms with van der Waals surface area (Å²) >= 11 is 0. The molecule has 0 saturated heterocycles. The monoisotopic (exact) mass is 344 g/mol. The lowest BCUT2D eigenvalue weighted by molar-refractivity contribution is 0.103. The van der Waals surface area contributed by atoms with Crippen molar-refractivity contribution in [3.8, 4) is 23.0 Å². The highest BCUT2D eigenvalue weighted by Gasteiger charge is 2.18. The van der Waals surface area contributed by atoms with Gasteiger partial charge in [0.15, 0.2) is 17.3 Å². The Labute approximate surface area is 148 Å². The van der Waals surface area contributed by atoms with E-state index in [4.69, 9.17) is 18.9 Å². The molecule has 0 heterocycles. The summed E-state index contributed by atoms with van der Waals surface area (Å²) in [4.78, 5) is 12.8. The molecule has 0 aliphatic rings. The van der Waals surface area contributed by atoms with Gasteiger partial charge in [-0.25, -0.2) is 0 Å². The average Bonchev–Trinajstić information content (AvgIpc) is 2.59. The van der Waals surface area contributed by atoms with Crippen LogP contribution in [0, 0.1) is 0 Å². The zero-order chi connectivity index (χ0) is 18.6. The van der Waals surface area contributed by atoms with E-state index in [-0.39, 0.29) is 11.4 Å². The van der Waals surface area contributed by atoms with Crippen molar-refractivity contribution in [2.45, 2.75) is 26.4 Å². The van der Waals surface area contributed by atoms with Gasteiger partial charge in [-0.15, -0.1) is 0 Å². The molecule has 0 unspecified atom stereocenters. The first-order chi connectivity index (χ1) is 11.8. The van der Waals surface area contributed by atoms with Crippen LogP contribution in [0.25, 0.3) is 0 Å². The molecule has 0 atom stereocenters. The molecule has 0 N–H and O–H groups in total. The maximum absolute atomic E-state index is 12.8. The largest absolute Gasteiger partial charge is 0.493 e. The summed E-state index contributed by atoms with van der Waals surface area (Å²) < 4.78 is 21.7. The van der Waals surface area contributed by atoms with Crippen LogP contribution >= 0.6 is 0 Å². The van der Waals surface area contributed by atoms with Gasteiger partial charge in [-0.3, -0.25) is 4.79 Å². The van der Waals surface area contributed by atoms with Gasteiger partial charge in [0, 0.05) is 11.1 Å². The number of hydrogen-bond donors (Lipinski definition) is 0. The molecule has 134 valence electrons. The molecular formula is C20H24O5. The Morgan fingerprint density at radius 1 is 0.800 bits per heavy atom. The highest BCUT2D eigenvalue weighted by atomic mass is 16.5. The smallest absolute Gasteiger partial charge is 0.203 e. The average molecular weight is 344 g/mol. The molecule has 5 heteroatoms. The van der Waals surface area contributed by atoms with Crippen molar-refractivity contribution < 1.29 is 23.7 Å². The molecule has 0 spiro atoms. The zero-order valence-corrected chi connectivity index (χ0v) is 15.5. The summed E-state index contributed by atoms with van der Waals surface area (Å²) in [6, 6.07) is 10.3. The Morgan fingerprint density at radius 3 is 1.72 bits per heavy atom. The van der Waals surface area contributed by atoms with Crippen LogP contribution in [0.2, 0.25) is 0 Å². The number of carbonyl (C=O) groups excluding carboxylic acids is 1. The fourth-order valence-electron chi connectivity index (χ4n) is 2.41. The van der Waals surface area contributed by atoms with Crippen molar-refractivity contribution in [3.05, 3.63) is 47.5 Å². The number of benzene rings is 2. The van der Waals surface area contributed by atoms with Crippen molar-refractivity contribution in [1.29, 1.82) is 0 Å². The number of ketones is 1. The van der Waals surface area contributed by atoms with Gasteiger partial charge in [0.1, 0.15) is 11.4 Å². The van der Waals surface area contributed by atoms with E-state index in [1.807, 2.05) is 20.8 Å². The third-order valence-electron chi connectivity index (χ3n) is 3.47. The van der Waals surface area contributed by atoms with Gasteiger partial charge in [-0.1, -0.05) is 0 Å². The minimum Gasteiger partial charge on any atom is -0.493 e. The number of ether oxygens (including phenoxy) is 4. The first kappa shape index (κ1) is 18.6. The van der Waals surface area contributed by atoms with E-state index in [2.05, 4.69) is 0 Å². The SMILES string of the molecule is COc1cc(C(=O)c2ccc(OC(C)(C)C)cc2)cc(OC)c1OC. The summed E-state index contributed by atoms with van der Waals surface area (Å²) in [5.74, 6) is 1.92. The summed E-state index contributed by atoms with van der Waals surface area (Å²) in [7, 11) is 4.56. The van der Waals surface area contributed by atoms with Gasteiger partial charge < -0.3 is 18.9 Å². The Hall–Kier alpha value is -2.69. The molecule has 2 aromatic carbocycles. The lowest BCUT2D eigenvalue weighted by Gasteiger charge is -2.21. The predicted molar refractivity (Wildman–Crippen MR) is 96.4 cm³/mol. The van der Waals surface area contributed by atoms with Crippen molar-refractivity contribution >= 4 is 5.78 Å². The molecule has 25 heavy (non-hydrogen) atoms. The maximum atomic E-state index is 12.8. The van der Waals surface area contributed by atoms with Gasteiger partial charge in [-0.05, 0) is 57.2 Å². The highest BCUT2D eigenvalue weighted by Crippen LogP contribution is 2.38. The molecule has 0 aliphatic carbocycles. The van der Waals surface area contributed by atoms with Gasteiger partial charge in [0.05, 0.1) is 21.3 Å². The van der Waals surface area contributed by atoms with Crippen LogP contribution in [0.1, 0.15) is 36.7 Å².